The van der Waals surface area contributed by atoms with Crippen LogP contribution in [-0.2, 0) is 0 Å². The van der Waals surface area contributed by atoms with Crippen molar-refractivity contribution in [2.45, 2.75) is 6.92 Å². The van der Waals surface area contributed by atoms with E-state index >= 15 is 0 Å². The van der Waals surface area contributed by atoms with E-state index in [1.165, 1.54) is 26.4 Å². The Balaban J connectivity index is 2.57. The number of aryl methyl sites for hydroxylation is 1. The third-order valence-corrected chi connectivity index (χ3v) is 3.64. The minimum Gasteiger partial charge on any atom is -0.497 e. The molecule has 110 valence electrons. The van der Waals surface area contributed by atoms with Crippen LogP contribution in [0.2, 0.25) is 0 Å². The first-order valence-corrected chi connectivity index (χ1v) is 6.99. The summed E-state index contributed by atoms with van der Waals surface area (Å²) in [5.41, 5.74) is 1.29. The quantitative estimate of drug-likeness (QED) is 0.775. The second kappa shape index (κ2) is 6.26. The lowest BCUT2D eigenvalue weighted by Gasteiger charge is -2.12. The van der Waals surface area contributed by atoms with Gasteiger partial charge in [0.05, 0.1) is 19.8 Å². The fraction of sp³-hybridized carbons (Fsp3) is 0.188. The molecule has 3 nitrogen and oxygen atoms in total. The molecule has 0 saturated heterocycles. The Bertz CT molecular complexity index is 678. The second-order valence-electron chi connectivity index (χ2n) is 4.53. The fourth-order valence-corrected chi connectivity index (χ4v) is 2.67. The van der Waals surface area contributed by atoms with Crippen molar-refractivity contribution in [3.63, 3.8) is 0 Å². The van der Waals surface area contributed by atoms with Crippen LogP contribution >= 0.6 is 15.9 Å². The Kier molecular flexibility index (Phi) is 4.63. The van der Waals surface area contributed by atoms with Gasteiger partial charge in [-0.3, -0.25) is 4.79 Å². The normalized spacial score (nSPS) is 10.3. The van der Waals surface area contributed by atoms with E-state index in [-0.39, 0.29) is 11.3 Å². The summed E-state index contributed by atoms with van der Waals surface area (Å²) in [7, 11) is 2.99. The topological polar surface area (TPSA) is 35.5 Å². The van der Waals surface area contributed by atoms with Gasteiger partial charge in [0.15, 0.2) is 5.78 Å². The molecule has 0 aliphatic carbocycles. The van der Waals surface area contributed by atoms with E-state index < -0.39 is 5.82 Å². The van der Waals surface area contributed by atoms with Gasteiger partial charge >= 0.3 is 0 Å². The molecule has 0 atom stereocenters. The number of benzene rings is 2. The predicted octanol–water partition coefficient (Wildman–Crippen LogP) is 4.14. The Morgan fingerprint density at radius 3 is 2.38 bits per heavy atom. The van der Waals surface area contributed by atoms with E-state index in [1.807, 2.05) is 0 Å². The van der Waals surface area contributed by atoms with Crippen molar-refractivity contribution in [1.82, 2.24) is 0 Å². The van der Waals surface area contributed by atoms with Gasteiger partial charge in [0.1, 0.15) is 17.3 Å². The third kappa shape index (κ3) is 3.24. The van der Waals surface area contributed by atoms with Gasteiger partial charge in [0.25, 0.3) is 0 Å². The van der Waals surface area contributed by atoms with Crippen LogP contribution in [0.1, 0.15) is 21.5 Å². The number of ketones is 1. The largest absolute Gasteiger partial charge is 0.497 e. The number of carbonyl (C=O) groups is 1. The molecule has 0 radical (unpaired) electrons. The van der Waals surface area contributed by atoms with E-state index in [9.17, 15) is 9.18 Å². The number of rotatable bonds is 4. The van der Waals surface area contributed by atoms with Crippen molar-refractivity contribution in [1.29, 1.82) is 0 Å². The standard InChI is InChI=1S/C16H14BrFO3/c1-9-4-10(6-11(18)5-9)16(19)15-13(17)7-12(20-2)8-14(15)21-3/h4-8H,1-3H3. The highest BCUT2D eigenvalue weighted by molar-refractivity contribution is 9.10. The van der Waals surface area contributed by atoms with Crippen molar-refractivity contribution < 1.29 is 18.7 Å². The first kappa shape index (κ1) is 15.5. The zero-order valence-corrected chi connectivity index (χ0v) is 13.5. The van der Waals surface area contributed by atoms with Crippen LogP contribution < -0.4 is 9.47 Å². The van der Waals surface area contributed by atoms with E-state index in [0.29, 0.717) is 27.1 Å². The summed E-state index contributed by atoms with van der Waals surface area (Å²) < 4.78 is 24.4. The maximum absolute atomic E-state index is 13.5. The average molecular weight is 353 g/mol. The van der Waals surface area contributed by atoms with E-state index in [1.54, 1.807) is 25.1 Å². The average Bonchev–Trinajstić information content (AvgIpc) is 2.44. The molecule has 0 aliphatic rings. The summed E-state index contributed by atoms with van der Waals surface area (Å²) in [5.74, 6) is 0.171. The Morgan fingerprint density at radius 2 is 1.81 bits per heavy atom. The highest BCUT2D eigenvalue weighted by atomic mass is 79.9. The van der Waals surface area contributed by atoms with Crippen molar-refractivity contribution in [2.75, 3.05) is 14.2 Å². The molecule has 2 aromatic rings. The molecule has 0 fully saturated rings. The summed E-state index contributed by atoms with van der Waals surface area (Å²) in [6.07, 6.45) is 0. The van der Waals surface area contributed by atoms with E-state index in [4.69, 9.17) is 9.47 Å². The van der Waals surface area contributed by atoms with Crippen LogP contribution in [0, 0.1) is 12.7 Å². The Morgan fingerprint density at radius 1 is 1.10 bits per heavy atom. The lowest BCUT2D eigenvalue weighted by atomic mass is 10.0. The molecular weight excluding hydrogens is 339 g/mol. The summed E-state index contributed by atoms with van der Waals surface area (Å²) in [6.45, 7) is 1.74. The zero-order chi connectivity index (χ0) is 15.6. The van der Waals surface area contributed by atoms with Crippen molar-refractivity contribution >= 4 is 21.7 Å². The summed E-state index contributed by atoms with van der Waals surface area (Å²) in [5, 5.41) is 0. The van der Waals surface area contributed by atoms with Gasteiger partial charge in [-0.25, -0.2) is 4.39 Å². The number of carbonyl (C=O) groups excluding carboxylic acids is 1. The van der Waals surface area contributed by atoms with Crippen LogP contribution in [0.15, 0.2) is 34.8 Å². The van der Waals surface area contributed by atoms with Crippen LogP contribution in [0.5, 0.6) is 11.5 Å². The highest BCUT2D eigenvalue weighted by Crippen LogP contribution is 2.34. The lowest BCUT2D eigenvalue weighted by Crippen LogP contribution is -2.06. The first-order valence-electron chi connectivity index (χ1n) is 6.19. The van der Waals surface area contributed by atoms with Crippen LogP contribution in [-0.4, -0.2) is 20.0 Å². The fourth-order valence-electron chi connectivity index (χ4n) is 2.07. The molecule has 2 aromatic carbocycles. The molecule has 5 heteroatoms. The summed E-state index contributed by atoms with van der Waals surface area (Å²) in [6, 6.07) is 7.51. The van der Waals surface area contributed by atoms with Gasteiger partial charge in [-0.15, -0.1) is 0 Å². The Labute approximate surface area is 130 Å². The minimum atomic E-state index is -0.443. The van der Waals surface area contributed by atoms with Crippen molar-refractivity contribution in [3.8, 4) is 11.5 Å². The van der Waals surface area contributed by atoms with Crippen LogP contribution in [0.3, 0.4) is 0 Å². The maximum Gasteiger partial charge on any atom is 0.198 e. The van der Waals surface area contributed by atoms with E-state index in [2.05, 4.69) is 15.9 Å². The monoisotopic (exact) mass is 352 g/mol. The lowest BCUT2D eigenvalue weighted by molar-refractivity contribution is 0.103. The first-order chi connectivity index (χ1) is 9.96. The van der Waals surface area contributed by atoms with Gasteiger partial charge < -0.3 is 9.47 Å². The number of methoxy groups -OCH3 is 2. The molecule has 0 N–H and O–H groups in total. The van der Waals surface area contributed by atoms with Crippen molar-refractivity contribution in [3.05, 3.63) is 57.3 Å². The molecule has 2 rings (SSSR count). The summed E-state index contributed by atoms with van der Waals surface area (Å²) >= 11 is 3.34. The zero-order valence-electron chi connectivity index (χ0n) is 11.9. The number of halogens is 2. The maximum atomic E-state index is 13.5. The molecule has 0 aliphatic heterocycles. The smallest absolute Gasteiger partial charge is 0.198 e. The second-order valence-corrected chi connectivity index (χ2v) is 5.39. The number of ether oxygens (including phenoxy) is 2. The van der Waals surface area contributed by atoms with Gasteiger partial charge in [-0.2, -0.15) is 0 Å². The SMILES string of the molecule is COc1cc(Br)c(C(=O)c2cc(C)cc(F)c2)c(OC)c1. The molecule has 0 amide bonds. The van der Waals surface area contributed by atoms with E-state index in [0.717, 1.165) is 0 Å². The molecular formula is C16H14BrFO3. The molecule has 0 spiro atoms. The molecule has 0 unspecified atom stereocenters. The number of hydrogen-bond acceptors (Lipinski definition) is 3. The molecule has 0 aromatic heterocycles. The van der Waals surface area contributed by atoms with Crippen LogP contribution in [0.25, 0.3) is 0 Å². The predicted molar refractivity (Wildman–Crippen MR) is 81.8 cm³/mol. The minimum absolute atomic E-state index is 0.275. The van der Waals surface area contributed by atoms with Gasteiger partial charge in [0, 0.05) is 16.1 Å². The Hall–Kier alpha value is -1.88. The third-order valence-electron chi connectivity index (χ3n) is 3.01. The summed E-state index contributed by atoms with van der Waals surface area (Å²) in [4.78, 5) is 12.6. The highest BCUT2D eigenvalue weighted by Gasteiger charge is 2.20. The molecule has 21 heavy (non-hydrogen) atoms. The van der Waals surface area contributed by atoms with Gasteiger partial charge in [-0.05, 0) is 52.7 Å². The van der Waals surface area contributed by atoms with Gasteiger partial charge in [0.2, 0.25) is 0 Å². The molecule has 0 bridgehead atoms. The molecule has 0 saturated carbocycles. The van der Waals surface area contributed by atoms with Gasteiger partial charge in [-0.1, -0.05) is 0 Å². The van der Waals surface area contributed by atoms with Crippen molar-refractivity contribution in [2.24, 2.45) is 0 Å². The van der Waals surface area contributed by atoms with Crippen LogP contribution in [0.4, 0.5) is 4.39 Å². The molecule has 0 heterocycles. The number of hydrogen-bond donors (Lipinski definition) is 0.